The number of ether oxygens (including phenoxy) is 1. The standard InChI is InChI=1S/C19H16N2O4S/c1-11-6-8-12(9-7-11)17-16(19(23)24)14(10-26-17)21-18(22)13-4-3-5-15(20-13)25-2/h3-10H,1-2H3,(H,21,22)(H,23,24). The lowest BCUT2D eigenvalue weighted by atomic mass is 10.1. The SMILES string of the molecule is COc1cccc(C(=O)Nc2csc(-c3ccc(C)cc3)c2C(=O)O)n1. The van der Waals surface area contributed by atoms with Crippen LogP contribution >= 0.6 is 11.3 Å². The predicted octanol–water partition coefficient (Wildman–Crippen LogP) is 4.08. The molecule has 0 atom stereocenters. The second-order valence-corrected chi connectivity index (χ2v) is 6.42. The summed E-state index contributed by atoms with van der Waals surface area (Å²) in [6.07, 6.45) is 0. The monoisotopic (exact) mass is 368 g/mol. The zero-order valence-electron chi connectivity index (χ0n) is 14.1. The first-order valence-corrected chi connectivity index (χ1v) is 8.61. The van der Waals surface area contributed by atoms with Crippen LogP contribution in [-0.2, 0) is 0 Å². The largest absolute Gasteiger partial charge is 0.481 e. The Kier molecular flexibility index (Phi) is 4.99. The molecule has 0 aliphatic rings. The van der Waals surface area contributed by atoms with Crippen LogP contribution in [0.4, 0.5) is 5.69 Å². The third-order valence-corrected chi connectivity index (χ3v) is 4.76. The number of benzene rings is 1. The molecule has 2 aromatic heterocycles. The van der Waals surface area contributed by atoms with Crippen molar-refractivity contribution < 1.29 is 19.4 Å². The number of hydrogen-bond acceptors (Lipinski definition) is 5. The van der Waals surface area contributed by atoms with Crippen LogP contribution in [0.3, 0.4) is 0 Å². The van der Waals surface area contributed by atoms with Gasteiger partial charge in [0.15, 0.2) is 0 Å². The summed E-state index contributed by atoms with van der Waals surface area (Å²) in [7, 11) is 1.46. The minimum atomic E-state index is -1.10. The molecule has 2 N–H and O–H groups in total. The van der Waals surface area contributed by atoms with Gasteiger partial charge in [-0.2, -0.15) is 0 Å². The van der Waals surface area contributed by atoms with Crippen LogP contribution in [0.1, 0.15) is 26.4 Å². The van der Waals surface area contributed by atoms with Crippen LogP contribution in [-0.4, -0.2) is 29.1 Å². The van der Waals surface area contributed by atoms with E-state index in [-0.39, 0.29) is 16.9 Å². The first-order chi connectivity index (χ1) is 12.5. The number of nitrogens with zero attached hydrogens (tertiary/aromatic N) is 1. The van der Waals surface area contributed by atoms with Gasteiger partial charge in [-0.25, -0.2) is 9.78 Å². The number of hydrogen-bond donors (Lipinski definition) is 2. The summed E-state index contributed by atoms with van der Waals surface area (Å²) in [5.74, 6) is -1.29. The van der Waals surface area contributed by atoms with Gasteiger partial charge in [-0.1, -0.05) is 35.9 Å². The van der Waals surface area contributed by atoms with Crippen molar-refractivity contribution in [2.45, 2.75) is 6.92 Å². The molecule has 0 spiro atoms. The molecule has 1 amide bonds. The zero-order chi connectivity index (χ0) is 18.7. The number of carboxylic acids is 1. The highest BCUT2D eigenvalue weighted by Gasteiger charge is 2.22. The Labute approximate surface area is 154 Å². The Hall–Kier alpha value is -3.19. The molecule has 3 aromatic rings. The molecular weight excluding hydrogens is 352 g/mol. The summed E-state index contributed by atoms with van der Waals surface area (Å²) in [6, 6.07) is 12.4. The number of carbonyl (C=O) groups is 2. The maximum absolute atomic E-state index is 12.4. The second kappa shape index (κ2) is 7.37. The number of thiophene rings is 1. The number of methoxy groups -OCH3 is 1. The lowest BCUT2D eigenvalue weighted by Gasteiger charge is -2.07. The van der Waals surface area contributed by atoms with Crippen LogP contribution in [0, 0.1) is 6.92 Å². The number of anilines is 1. The molecular formula is C19H16N2O4S. The summed E-state index contributed by atoms with van der Waals surface area (Å²) in [5.41, 5.74) is 2.32. The lowest BCUT2D eigenvalue weighted by molar-refractivity contribution is 0.0699. The molecule has 0 aliphatic carbocycles. The predicted molar refractivity (Wildman–Crippen MR) is 100 cm³/mol. The van der Waals surface area contributed by atoms with E-state index in [1.54, 1.807) is 17.5 Å². The van der Waals surface area contributed by atoms with E-state index in [0.717, 1.165) is 11.1 Å². The van der Waals surface area contributed by atoms with Crippen molar-refractivity contribution in [3.8, 4) is 16.3 Å². The topological polar surface area (TPSA) is 88.5 Å². The van der Waals surface area contributed by atoms with Crippen LogP contribution < -0.4 is 10.1 Å². The van der Waals surface area contributed by atoms with Gasteiger partial charge >= 0.3 is 5.97 Å². The van der Waals surface area contributed by atoms with Crippen molar-refractivity contribution in [1.82, 2.24) is 4.98 Å². The number of aromatic nitrogens is 1. The van der Waals surface area contributed by atoms with Crippen molar-refractivity contribution >= 4 is 28.9 Å². The van der Waals surface area contributed by atoms with Crippen molar-refractivity contribution in [3.63, 3.8) is 0 Å². The molecule has 0 unspecified atom stereocenters. The maximum Gasteiger partial charge on any atom is 0.339 e. The molecule has 1 aromatic carbocycles. The van der Waals surface area contributed by atoms with Crippen molar-refractivity contribution in [2.24, 2.45) is 0 Å². The molecule has 26 heavy (non-hydrogen) atoms. The molecule has 0 saturated carbocycles. The summed E-state index contributed by atoms with van der Waals surface area (Å²) in [4.78, 5) is 28.9. The first kappa shape index (κ1) is 17.6. The van der Waals surface area contributed by atoms with Gasteiger partial charge in [-0.05, 0) is 18.6 Å². The molecule has 7 heteroatoms. The third kappa shape index (κ3) is 3.57. The summed E-state index contributed by atoms with van der Waals surface area (Å²) >= 11 is 1.27. The fourth-order valence-corrected chi connectivity index (χ4v) is 3.42. The van der Waals surface area contributed by atoms with Crippen molar-refractivity contribution in [1.29, 1.82) is 0 Å². The normalized spacial score (nSPS) is 10.4. The zero-order valence-corrected chi connectivity index (χ0v) is 15.0. The van der Waals surface area contributed by atoms with E-state index in [4.69, 9.17) is 4.74 Å². The molecule has 132 valence electrons. The Bertz CT molecular complexity index is 964. The van der Waals surface area contributed by atoms with Gasteiger partial charge in [0.1, 0.15) is 11.3 Å². The van der Waals surface area contributed by atoms with Crippen LogP contribution in [0.5, 0.6) is 5.88 Å². The van der Waals surface area contributed by atoms with E-state index in [9.17, 15) is 14.7 Å². The Morgan fingerprint density at radius 3 is 2.54 bits per heavy atom. The van der Waals surface area contributed by atoms with E-state index in [1.165, 1.54) is 24.5 Å². The molecule has 2 heterocycles. The molecule has 0 saturated heterocycles. The average Bonchev–Trinajstić information content (AvgIpc) is 3.06. The van der Waals surface area contributed by atoms with E-state index in [0.29, 0.717) is 10.8 Å². The van der Waals surface area contributed by atoms with Gasteiger partial charge in [0, 0.05) is 11.4 Å². The Balaban J connectivity index is 1.94. The maximum atomic E-state index is 12.4. The third-order valence-electron chi connectivity index (χ3n) is 3.73. The smallest absolute Gasteiger partial charge is 0.339 e. The summed E-state index contributed by atoms with van der Waals surface area (Å²) < 4.78 is 5.01. The van der Waals surface area contributed by atoms with Gasteiger partial charge < -0.3 is 15.2 Å². The molecule has 0 bridgehead atoms. The number of amides is 1. The number of aryl methyl sites for hydroxylation is 1. The van der Waals surface area contributed by atoms with Crippen molar-refractivity contribution in [3.05, 3.63) is 64.7 Å². The summed E-state index contributed by atoms with van der Waals surface area (Å²) in [5, 5.41) is 13.9. The molecule has 0 aliphatic heterocycles. The lowest BCUT2D eigenvalue weighted by Crippen LogP contribution is -2.15. The fourth-order valence-electron chi connectivity index (χ4n) is 2.42. The van der Waals surface area contributed by atoms with Gasteiger partial charge in [0.05, 0.1) is 17.7 Å². The number of carboxylic acid groups (broad SMARTS) is 1. The van der Waals surface area contributed by atoms with Gasteiger partial charge in [-0.15, -0.1) is 11.3 Å². The average molecular weight is 368 g/mol. The Morgan fingerprint density at radius 1 is 1.15 bits per heavy atom. The molecule has 0 radical (unpaired) electrons. The number of nitrogens with one attached hydrogen (secondary N) is 1. The first-order valence-electron chi connectivity index (χ1n) is 7.74. The quantitative estimate of drug-likeness (QED) is 0.708. The van der Waals surface area contributed by atoms with Crippen LogP contribution in [0.15, 0.2) is 47.8 Å². The second-order valence-electron chi connectivity index (χ2n) is 5.54. The number of aromatic carboxylic acids is 1. The van der Waals surface area contributed by atoms with Gasteiger partial charge in [0.2, 0.25) is 5.88 Å². The molecule has 0 fully saturated rings. The number of carbonyl (C=O) groups excluding carboxylic acids is 1. The van der Waals surface area contributed by atoms with E-state index >= 15 is 0 Å². The molecule has 6 nitrogen and oxygen atoms in total. The minimum absolute atomic E-state index is 0.0649. The highest BCUT2D eigenvalue weighted by molar-refractivity contribution is 7.14. The van der Waals surface area contributed by atoms with Crippen molar-refractivity contribution in [2.75, 3.05) is 12.4 Å². The van der Waals surface area contributed by atoms with E-state index in [1.807, 2.05) is 31.2 Å². The number of pyridine rings is 1. The Morgan fingerprint density at radius 2 is 1.88 bits per heavy atom. The molecule has 3 rings (SSSR count). The van der Waals surface area contributed by atoms with Crippen LogP contribution in [0.25, 0.3) is 10.4 Å². The number of rotatable bonds is 5. The highest BCUT2D eigenvalue weighted by Crippen LogP contribution is 2.36. The minimum Gasteiger partial charge on any atom is -0.481 e. The van der Waals surface area contributed by atoms with Gasteiger partial charge in [0.25, 0.3) is 5.91 Å². The van der Waals surface area contributed by atoms with E-state index in [2.05, 4.69) is 10.3 Å². The highest BCUT2D eigenvalue weighted by atomic mass is 32.1. The fraction of sp³-hybridized carbons (Fsp3) is 0.105. The van der Waals surface area contributed by atoms with E-state index < -0.39 is 11.9 Å². The van der Waals surface area contributed by atoms with Crippen LogP contribution in [0.2, 0.25) is 0 Å². The summed E-state index contributed by atoms with van der Waals surface area (Å²) in [6.45, 7) is 1.96. The van der Waals surface area contributed by atoms with Gasteiger partial charge in [-0.3, -0.25) is 4.79 Å².